The highest BCUT2D eigenvalue weighted by Crippen LogP contribution is 2.18. The summed E-state index contributed by atoms with van der Waals surface area (Å²) in [6.45, 7) is 3.15. The van der Waals surface area contributed by atoms with E-state index in [-0.39, 0.29) is 30.3 Å². The molecule has 0 spiro atoms. The Morgan fingerprint density at radius 1 is 0.914 bits per heavy atom. The van der Waals surface area contributed by atoms with Crippen LogP contribution >= 0.6 is 0 Å². The number of carbonyl (C=O) groups excluding carboxylic acids is 3. The van der Waals surface area contributed by atoms with Gasteiger partial charge < -0.3 is 36.1 Å². The number of hydrogen-bond donors (Lipinski definition) is 5. The standard InChI is InChI=1S/C22H34N8O5/c1-28-14-16(27-22(33)19-13-17(30(34)35)15-29(19)2)12-18(28)21(32)26-11-6-20(31)25-10-5-9-24-8-4-3-7-23/h12-15,24H,3-11,23H2,1-2H3,(H,25,31)(H,26,32)(H,27,33). The number of nitro groups is 1. The van der Waals surface area contributed by atoms with E-state index in [1.54, 1.807) is 17.8 Å². The van der Waals surface area contributed by atoms with Gasteiger partial charge in [-0.15, -0.1) is 0 Å². The van der Waals surface area contributed by atoms with Crippen LogP contribution in [0.15, 0.2) is 24.5 Å². The smallest absolute Gasteiger partial charge is 0.287 e. The number of hydrogen-bond acceptors (Lipinski definition) is 7. The van der Waals surface area contributed by atoms with Gasteiger partial charge in [-0.1, -0.05) is 0 Å². The molecule has 0 aliphatic carbocycles. The first-order valence-electron chi connectivity index (χ1n) is 11.5. The van der Waals surface area contributed by atoms with E-state index in [4.69, 9.17) is 5.73 Å². The first kappa shape index (κ1) is 27.5. The first-order chi connectivity index (χ1) is 16.7. The van der Waals surface area contributed by atoms with Crippen LogP contribution in [0.2, 0.25) is 0 Å². The second kappa shape index (κ2) is 13.9. The predicted octanol–water partition coefficient (Wildman–Crippen LogP) is 0.479. The first-order valence-corrected chi connectivity index (χ1v) is 11.5. The molecule has 0 bridgehead atoms. The number of carbonyl (C=O) groups is 3. The van der Waals surface area contributed by atoms with Crippen LogP contribution in [0.3, 0.4) is 0 Å². The molecular weight excluding hydrogens is 456 g/mol. The zero-order chi connectivity index (χ0) is 25.8. The minimum absolute atomic E-state index is 0.111. The minimum Gasteiger partial charge on any atom is -0.356 e. The summed E-state index contributed by atoms with van der Waals surface area (Å²) in [5.41, 5.74) is 6.01. The topological polar surface area (TPSA) is 178 Å². The highest BCUT2D eigenvalue weighted by Gasteiger charge is 2.19. The second-order valence-electron chi connectivity index (χ2n) is 8.09. The number of aryl methyl sites for hydroxylation is 2. The van der Waals surface area contributed by atoms with E-state index >= 15 is 0 Å². The Balaban J connectivity index is 1.73. The predicted molar refractivity (Wildman–Crippen MR) is 131 cm³/mol. The second-order valence-corrected chi connectivity index (χ2v) is 8.09. The Morgan fingerprint density at radius 3 is 2.29 bits per heavy atom. The highest BCUT2D eigenvalue weighted by atomic mass is 16.6. The lowest BCUT2D eigenvalue weighted by atomic mass is 10.3. The fraction of sp³-hybridized carbons (Fsp3) is 0.500. The summed E-state index contributed by atoms with van der Waals surface area (Å²) in [5.74, 6) is -1.08. The van der Waals surface area contributed by atoms with Gasteiger partial charge in [-0.3, -0.25) is 24.5 Å². The SMILES string of the molecule is Cn1cc(NC(=O)c2cc([N+](=O)[O-])cn2C)cc1C(=O)NCCC(=O)NCCCNCCCCN. The Morgan fingerprint density at radius 2 is 1.60 bits per heavy atom. The third-order valence-corrected chi connectivity index (χ3v) is 5.23. The maximum Gasteiger partial charge on any atom is 0.287 e. The molecule has 0 atom stereocenters. The maximum absolute atomic E-state index is 12.5. The number of nitrogens with zero attached hydrogens (tertiary/aromatic N) is 3. The van der Waals surface area contributed by atoms with Crippen LogP contribution in [0, 0.1) is 10.1 Å². The number of anilines is 1. The van der Waals surface area contributed by atoms with Crippen LogP contribution in [0.5, 0.6) is 0 Å². The van der Waals surface area contributed by atoms with Gasteiger partial charge in [-0.2, -0.15) is 0 Å². The van der Waals surface area contributed by atoms with Crippen molar-refractivity contribution in [3.05, 3.63) is 46.0 Å². The number of rotatable bonds is 15. The molecule has 2 heterocycles. The summed E-state index contributed by atoms with van der Waals surface area (Å²) in [5, 5.41) is 22.3. The van der Waals surface area contributed by atoms with Crippen LogP contribution in [0.1, 0.15) is 46.7 Å². The summed E-state index contributed by atoms with van der Waals surface area (Å²) < 4.78 is 2.90. The van der Waals surface area contributed by atoms with Crippen molar-refractivity contribution in [2.45, 2.75) is 25.7 Å². The molecule has 0 unspecified atom stereocenters. The van der Waals surface area contributed by atoms with Gasteiger partial charge >= 0.3 is 0 Å². The number of aromatic nitrogens is 2. The van der Waals surface area contributed by atoms with E-state index in [0.717, 1.165) is 32.4 Å². The van der Waals surface area contributed by atoms with E-state index in [1.807, 2.05) is 0 Å². The number of nitrogens with one attached hydrogen (secondary N) is 4. The van der Waals surface area contributed by atoms with Crippen molar-refractivity contribution >= 4 is 29.1 Å². The lowest BCUT2D eigenvalue weighted by molar-refractivity contribution is -0.384. The lowest BCUT2D eigenvalue weighted by Crippen LogP contribution is -2.32. The van der Waals surface area contributed by atoms with Gasteiger partial charge in [-0.25, -0.2) is 0 Å². The molecule has 0 aliphatic rings. The van der Waals surface area contributed by atoms with Crippen LogP contribution in [0.25, 0.3) is 0 Å². The molecule has 2 rings (SSSR count). The van der Waals surface area contributed by atoms with Crippen LogP contribution in [-0.4, -0.2) is 64.5 Å². The Hall–Kier alpha value is -3.71. The normalized spacial score (nSPS) is 10.7. The maximum atomic E-state index is 12.5. The summed E-state index contributed by atoms with van der Waals surface area (Å²) in [6.07, 6.45) is 5.80. The molecule has 2 aromatic rings. The van der Waals surface area contributed by atoms with Gasteiger partial charge in [0.1, 0.15) is 11.4 Å². The molecule has 0 radical (unpaired) electrons. The molecule has 13 heteroatoms. The molecular formula is C22H34N8O5. The lowest BCUT2D eigenvalue weighted by Gasteiger charge is -2.08. The molecule has 13 nitrogen and oxygen atoms in total. The quantitative estimate of drug-likeness (QED) is 0.137. The Kier molecular flexibility index (Phi) is 10.9. The van der Waals surface area contributed by atoms with Gasteiger partial charge in [-0.05, 0) is 45.0 Å². The summed E-state index contributed by atoms with van der Waals surface area (Å²) >= 11 is 0. The van der Waals surface area contributed by atoms with Gasteiger partial charge in [0, 0.05) is 45.9 Å². The summed E-state index contributed by atoms with van der Waals surface area (Å²) in [7, 11) is 3.18. The molecule has 0 saturated carbocycles. The molecule has 35 heavy (non-hydrogen) atoms. The molecule has 0 fully saturated rings. The molecule has 6 N–H and O–H groups in total. The van der Waals surface area contributed by atoms with Crippen molar-refractivity contribution < 1.29 is 19.3 Å². The monoisotopic (exact) mass is 490 g/mol. The van der Waals surface area contributed by atoms with Crippen molar-refractivity contribution in [3.63, 3.8) is 0 Å². The van der Waals surface area contributed by atoms with Crippen molar-refractivity contribution in [2.75, 3.05) is 38.0 Å². The van der Waals surface area contributed by atoms with Gasteiger partial charge in [0.25, 0.3) is 17.5 Å². The number of nitrogens with two attached hydrogens (primary N) is 1. The summed E-state index contributed by atoms with van der Waals surface area (Å²) in [6, 6.07) is 2.67. The average Bonchev–Trinajstić information content (AvgIpc) is 3.38. The van der Waals surface area contributed by atoms with Crippen molar-refractivity contribution in [1.29, 1.82) is 0 Å². The molecule has 2 aromatic heterocycles. The van der Waals surface area contributed by atoms with E-state index in [0.29, 0.717) is 24.5 Å². The average molecular weight is 491 g/mol. The van der Waals surface area contributed by atoms with E-state index < -0.39 is 16.7 Å². The zero-order valence-electron chi connectivity index (χ0n) is 20.1. The van der Waals surface area contributed by atoms with E-state index in [9.17, 15) is 24.5 Å². The molecule has 0 saturated heterocycles. The molecule has 0 aliphatic heterocycles. The number of unbranched alkanes of at least 4 members (excludes halogenated alkanes) is 1. The van der Waals surface area contributed by atoms with Crippen molar-refractivity contribution in [2.24, 2.45) is 19.8 Å². The Labute approximate surface area is 203 Å². The van der Waals surface area contributed by atoms with E-state index in [1.165, 1.54) is 29.9 Å². The zero-order valence-corrected chi connectivity index (χ0v) is 20.1. The molecule has 0 aromatic carbocycles. The van der Waals surface area contributed by atoms with Crippen LogP contribution in [0.4, 0.5) is 11.4 Å². The fourth-order valence-corrected chi connectivity index (χ4v) is 3.36. The van der Waals surface area contributed by atoms with Gasteiger partial charge in [0.15, 0.2) is 0 Å². The van der Waals surface area contributed by atoms with Crippen molar-refractivity contribution in [1.82, 2.24) is 25.1 Å². The van der Waals surface area contributed by atoms with Crippen molar-refractivity contribution in [3.8, 4) is 0 Å². The molecule has 3 amide bonds. The fourth-order valence-electron chi connectivity index (χ4n) is 3.36. The summed E-state index contributed by atoms with van der Waals surface area (Å²) in [4.78, 5) is 47.2. The van der Waals surface area contributed by atoms with Gasteiger partial charge in [0.2, 0.25) is 5.91 Å². The van der Waals surface area contributed by atoms with Crippen LogP contribution < -0.4 is 27.0 Å². The van der Waals surface area contributed by atoms with E-state index in [2.05, 4.69) is 21.3 Å². The van der Waals surface area contributed by atoms with Gasteiger partial charge in [0.05, 0.1) is 16.8 Å². The minimum atomic E-state index is -0.578. The Bertz CT molecular complexity index is 1030. The number of amides is 3. The largest absolute Gasteiger partial charge is 0.356 e. The molecule has 192 valence electrons. The highest BCUT2D eigenvalue weighted by molar-refractivity contribution is 6.04. The third-order valence-electron chi connectivity index (χ3n) is 5.23. The van der Waals surface area contributed by atoms with Crippen LogP contribution in [-0.2, 0) is 18.9 Å². The third kappa shape index (κ3) is 8.87.